The summed E-state index contributed by atoms with van der Waals surface area (Å²) in [6.45, 7) is 7.93. The van der Waals surface area contributed by atoms with Crippen molar-refractivity contribution in [3.8, 4) is 0 Å². The molecule has 2 aromatic rings. The topological polar surface area (TPSA) is 4.93 Å². The van der Waals surface area contributed by atoms with Crippen LogP contribution in [0.5, 0.6) is 0 Å². The van der Waals surface area contributed by atoms with Gasteiger partial charge in [0, 0.05) is 18.3 Å². The van der Waals surface area contributed by atoms with Crippen molar-refractivity contribution < 1.29 is 0 Å². The van der Waals surface area contributed by atoms with E-state index < -0.39 is 0 Å². The lowest BCUT2D eigenvalue weighted by Gasteiger charge is -2.08. The summed E-state index contributed by atoms with van der Waals surface area (Å²) in [6, 6.07) is 9.14. The molecule has 1 aromatic heterocycles. The summed E-state index contributed by atoms with van der Waals surface area (Å²) in [7, 11) is 0. The van der Waals surface area contributed by atoms with E-state index in [4.69, 9.17) is 0 Å². The minimum absolute atomic E-state index is 0.613. The fraction of sp³-hybridized carbons (Fsp3) is 0.529. The first kappa shape index (κ1) is 13.2. The Morgan fingerprint density at radius 2 is 1.89 bits per heavy atom. The number of nitrogens with zero attached hydrogens (tertiary/aromatic N) is 1. The van der Waals surface area contributed by atoms with E-state index in [1.54, 1.807) is 0 Å². The van der Waals surface area contributed by atoms with Crippen molar-refractivity contribution in [3.05, 3.63) is 36.0 Å². The van der Waals surface area contributed by atoms with Gasteiger partial charge in [-0.25, -0.2) is 0 Å². The molecule has 0 bridgehead atoms. The van der Waals surface area contributed by atoms with Crippen LogP contribution >= 0.6 is 0 Å². The number of unbranched alkanes of at least 4 members (excludes halogenated alkanes) is 3. The number of aromatic nitrogens is 1. The van der Waals surface area contributed by atoms with Crippen molar-refractivity contribution in [1.29, 1.82) is 0 Å². The van der Waals surface area contributed by atoms with Gasteiger partial charge >= 0.3 is 0 Å². The Labute approximate surface area is 111 Å². The monoisotopic (exact) mass is 243 g/mol. The number of hydrogen-bond acceptors (Lipinski definition) is 0. The lowest BCUT2D eigenvalue weighted by molar-refractivity contribution is 0.593. The molecule has 0 aliphatic heterocycles. The van der Waals surface area contributed by atoms with Crippen LogP contribution < -0.4 is 0 Å². The Morgan fingerprint density at radius 3 is 2.61 bits per heavy atom. The summed E-state index contributed by atoms with van der Waals surface area (Å²) in [5.74, 6) is 0.613. The maximum absolute atomic E-state index is 2.40. The molecule has 0 saturated carbocycles. The Kier molecular flexibility index (Phi) is 4.46. The zero-order chi connectivity index (χ0) is 13.0. The Hall–Kier alpha value is -1.24. The Morgan fingerprint density at radius 1 is 1.06 bits per heavy atom. The van der Waals surface area contributed by atoms with Gasteiger partial charge in [-0.1, -0.05) is 46.1 Å². The number of aryl methyl sites for hydroxylation is 1. The van der Waals surface area contributed by atoms with Crippen molar-refractivity contribution in [1.82, 2.24) is 4.57 Å². The molecule has 2 rings (SSSR count). The van der Waals surface area contributed by atoms with Crippen LogP contribution in [0, 0.1) is 0 Å². The molecule has 0 amide bonds. The van der Waals surface area contributed by atoms with Gasteiger partial charge in [-0.15, -0.1) is 0 Å². The van der Waals surface area contributed by atoms with Gasteiger partial charge in [-0.2, -0.15) is 0 Å². The fourth-order valence-electron chi connectivity index (χ4n) is 2.48. The molecule has 1 heteroatoms. The second-order valence-corrected chi connectivity index (χ2v) is 5.54. The normalized spacial score (nSPS) is 11.6. The number of fused-ring (bicyclic) bond motifs is 1. The van der Waals surface area contributed by atoms with E-state index in [1.165, 1.54) is 42.1 Å². The molecule has 1 heterocycles. The Balaban J connectivity index is 2.11. The predicted molar refractivity (Wildman–Crippen MR) is 80.2 cm³/mol. The zero-order valence-electron chi connectivity index (χ0n) is 11.9. The smallest absolute Gasteiger partial charge is 0.0480 e. The summed E-state index contributed by atoms with van der Waals surface area (Å²) < 4.78 is 2.40. The van der Waals surface area contributed by atoms with Crippen molar-refractivity contribution in [2.75, 3.05) is 0 Å². The molecule has 1 nitrogen and oxygen atoms in total. The average Bonchev–Trinajstić information content (AvgIpc) is 2.77. The van der Waals surface area contributed by atoms with E-state index in [9.17, 15) is 0 Å². The molecule has 98 valence electrons. The lowest BCUT2D eigenvalue weighted by atomic mass is 10.0. The molecule has 0 spiro atoms. The first-order valence-electron chi connectivity index (χ1n) is 7.31. The fourth-order valence-corrected chi connectivity index (χ4v) is 2.48. The maximum Gasteiger partial charge on any atom is 0.0480 e. The minimum Gasteiger partial charge on any atom is -0.347 e. The van der Waals surface area contributed by atoms with Crippen molar-refractivity contribution in [3.63, 3.8) is 0 Å². The van der Waals surface area contributed by atoms with Crippen molar-refractivity contribution in [2.45, 2.75) is 58.9 Å². The highest BCUT2D eigenvalue weighted by Crippen LogP contribution is 2.22. The van der Waals surface area contributed by atoms with Crippen LogP contribution in [0.1, 0.15) is 57.9 Å². The standard InChI is InChI=1S/C17H25N/c1-4-5-6-7-11-18-12-10-16-13-15(14(2)3)8-9-17(16)18/h8-10,12-14H,4-7,11H2,1-3H3. The highest BCUT2D eigenvalue weighted by molar-refractivity contribution is 5.81. The van der Waals surface area contributed by atoms with Gasteiger partial charge in [0.25, 0.3) is 0 Å². The van der Waals surface area contributed by atoms with Gasteiger partial charge in [0.05, 0.1) is 0 Å². The van der Waals surface area contributed by atoms with E-state index in [0.29, 0.717) is 5.92 Å². The van der Waals surface area contributed by atoms with Crippen molar-refractivity contribution in [2.24, 2.45) is 0 Å². The second kappa shape index (κ2) is 6.08. The molecule has 0 saturated heterocycles. The van der Waals surface area contributed by atoms with Crippen LogP contribution in [0.4, 0.5) is 0 Å². The molecule has 0 aliphatic rings. The van der Waals surface area contributed by atoms with Crippen LogP contribution in [0.25, 0.3) is 10.9 Å². The van der Waals surface area contributed by atoms with E-state index in [-0.39, 0.29) is 0 Å². The first-order valence-corrected chi connectivity index (χ1v) is 7.31. The van der Waals surface area contributed by atoms with Crippen LogP contribution in [0.3, 0.4) is 0 Å². The molecule has 0 N–H and O–H groups in total. The molecule has 0 radical (unpaired) electrons. The third-order valence-corrected chi connectivity index (χ3v) is 3.71. The summed E-state index contributed by atoms with van der Waals surface area (Å²) in [5, 5.41) is 1.39. The molecule has 0 atom stereocenters. The van der Waals surface area contributed by atoms with Crippen LogP contribution in [0.15, 0.2) is 30.5 Å². The summed E-state index contributed by atoms with van der Waals surface area (Å²) in [6.07, 6.45) is 7.55. The van der Waals surface area contributed by atoms with E-state index in [2.05, 4.69) is 55.8 Å². The summed E-state index contributed by atoms with van der Waals surface area (Å²) in [5.41, 5.74) is 2.82. The van der Waals surface area contributed by atoms with Crippen molar-refractivity contribution >= 4 is 10.9 Å². The number of rotatable bonds is 6. The number of benzene rings is 1. The molecule has 0 unspecified atom stereocenters. The quantitative estimate of drug-likeness (QED) is 0.603. The second-order valence-electron chi connectivity index (χ2n) is 5.54. The largest absolute Gasteiger partial charge is 0.347 e. The van der Waals surface area contributed by atoms with Crippen LogP contribution in [-0.4, -0.2) is 4.57 Å². The van der Waals surface area contributed by atoms with Crippen LogP contribution in [-0.2, 0) is 6.54 Å². The van der Waals surface area contributed by atoms with E-state index in [0.717, 1.165) is 6.54 Å². The molecule has 0 aliphatic carbocycles. The molecule has 18 heavy (non-hydrogen) atoms. The lowest BCUT2D eigenvalue weighted by Crippen LogP contribution is -1.96. The predicted octanol–water partition coefficient (Wildman–Crippen LogP) is 5.35. The SMILES string of the molecule is CCCCCCn1ccc2cc(C(C)C)ccc21. The Bertz CT molecular complexity index is 493. The maximum atomic E-state index is 2.40. The molecule has 1 aromatic carbocycles. The van der Waals surface area contributed by atoms with Gasteiger partial charge in [-0.3, -0.25) is 0 Å². The highest BCUT2D eigenvalue weighted by Gasteiger charge is 2.04. The third kappa shape index (κ3) is 2.95. The average molecular weight is 243 g/mol. The summed E-state index contributed by atoms with van der Waals surface area (Å²) in [4.78, 5) is 0. The first-order chi connectivity index (χ1) is 8.72. The molecule has 0 fully saturated rings. The summed E-state index contributed by atoms with van der Waals surface area (Å²) >= 11 is 0. The minimum atomic E-state index is 0.613. The molecular formula is C17H25N. The highest BCUT2D eigenvalue weighted by atomic mass is 14.9. The van der Waals surface area contributed by atoms with E-state index >= 15 is 0 Å². The van der Waals surface area contributed by atoms with E-state index in [1.807, 2.05) is 0 Å². The van der Waals surface area contributed by atoms with Gasteiger partial charge in [-0.05, 0) is 41.5 Å². The third-order valence-electron chi connectivity index (χ3n) is 3.71. The van der Waals surface area contributed by atoms with Gasteiger partial charge < -0.3 is 4.57 Å². The van der Waals surface area contributed by atoms with Gasteiger partial charge in [0.1, 0.15) is 0 Å². The number of hydrogen-bond donors (Lipinski definition) is 0. The van der Waals surface area contributed by atoms with Crippen LogP contribution in [0.2, 0.25) is 0 Å². The molecular weight excluding hydrogens is 218 g/mol. The van der Waals surface area contributed by atoms with Gasteiger partial charge in [0.15, 0.2) is 0 Å². The zero-order valence-corrected chi connectivity index (χ0v) is 11.9. The van der Waals surface area contributed by atoms with Gasteiger partial charge in [0.2, 0.25) is 0 Å².